The van der Waals surface area contributed by atoms with Crippen LogP contribution in [0.2, 0.25) is 0 Å². The summed E-state index contributed by atoms with van der Waals surface area (Å²) in [6, 6.07) is 5.86. The third-order valence-corrected chi connectivity index (χ3v) is 4.62. The number of rotatable bonds is 11. The topological polar surface area (TPSA) is 58.1 Å². The van der Waals surface area contributed by atoms with Crippen molar-refractivity contribution in [2.45, 2.75) is 38.5 Å². The minimum atomic E-state index is -4.37. The monoisotopic (exact) mass is 416 g/mol. The number of aryl methyl sites for hydroxylation is 1. The molecule has 2 rings (SSSR count). The molecule has 0 bridgehead atoms. The number of hydrogen-bond donors (Lipinski definition) is 2. The fraction of sp³-hybridized carbons (Fsp3) is 0.650. The van der Waals surface area contributed by atoms with Gasteiger partial charge in [0, 0.05) is 51.9 Å². The molecule has 6 nitrogen and oxygen atoms in total. The molecule has 0 aromatic heterocycles. The zero-order chi connectivity index (χ0) is 21.3. The van der Waals surface area contributed by atoms with Gasteiger partial charge in [0.05, 0.1) is 6.61 Å². The third-order valence-electron chi connectivity index (χ3n) is 4.62. The molecule has 9 heteroatoms. The fourth-order valence-corrected chi connectivity index (χ4v) is 2.94. The molecule has 0 aliphatic heterocycles. The van der Waals surface area contributed by atoms with Crippen molar-refractivity contribution in [2.24, 2.45) is 4.99 Å². The number of nitrogens with one attached hydrogen (secondary N) is 2. The highest BCUT2D eigenvalue weighted by Crippen LogP contribution is 2.26. The van der Waals surface area contributed by atoms with E-state index in [1.807, 2.05) is 13.0 Å². The van der Waals surface area contributed by atoms with Crippen LogP contribution in [-0.4, -0.2) is 70.1 Å². The van der Waals surface area contributed by atoms with Crippen LogP contribution < -0.4 is 15.4 Å². The molecule has 1 fully saturated rings. The molecular formula is C20H31F3N4O2. The van der Waals surface area contributed by atoms with E-state index in [2.05, 4.69) is 20.5 Å². The quantitative estimate of drug-likeness (QED) is 0.429. The standard InChI is InChI=1S/C20H31F3N4O2/c1-15-4-5-16(18(12-15)29-14-20(21,22)23)13-26-19(24-2)25-8-9-27(10-11-28-3)17-6-7-17/h4-5,12,17H,6-11,13-14H2,1-3H3,(H2,24,25,26). The maximum atomic E-state index is 12.5. The van der Waals surface area contributed by atoms with E-state index < -0.39 is 12.8 Å². The maximum absolute atomic E-state index is 12.5. The van der Waals surface area contributed by atoms with Crippen LogP contribution in [0, 0.1) is 6.92 Å². The first-order valence-electron chi connectivity index (χ1n) is 9.79. The Labute approximate surface area is 170 Å². The van der Waals surface area contributed by atoms with E-state index in [1.54, 1.807) is 26.3 Å². The Bertz CT molecular complexity index is 664. The summed E-state index contributed by atoms with van der Waals surface area (Å²) < 4.78 is 47.7. The molecule has 0 atom stereocenters. The second-order valence-electron chi connectivity index (χ2n) is 7.13. The SMILES string of the molecule is CN=C(NCCN(CCOC)C1CC1)NCc1ccc(C)cc1OCC(F)(F)F. The van der Waals surface area contributed by atoms with Gasteiger partial charge in [-0.05, 0) is 31.4 Å². The predicted molar refractivity (Wildman–Crippen MR) is 107 cm³/mol. The average Bonchev–Trinajstić information content (AvgIpc) is 3.51. The summed E-state index contributed by atoms with van der Waals surface area (Å²) in [4.78, 5) is 6.58. The highest BCUT2D eigenvalue weighted by Gasteiger charge is 2.29. The van der Waals surface area contributed by atoms with Gasteiger partial charge in [0.2, 0.25) is 0 Å². The number of benzene rings is 1. The number of halogens is 3. The van der Waals surface area contributed by atoms with Crippen molar-refractivity contribution in [3.8, 4) is 5.75 Å². The lowest BCUT2D eigenvalue weighted by Crippen LogP contribution is -2.42. The predicted octanol–water partition coefficient (Wildman–Crippen LogP) is 2.71. The molecule has 1 aromatic rings. The summed E-state index contributed by atoms with van der Waals surface area (Å²) in [5, 5.41) is 6.39. The largest absolute Gasteiger partial charge is 0.484 e. The lowest BCUT2D eigenvalue weighted by molar-refractivity contribution is -0.153. The smallest absolute Gasteiger partial charge is 0.422 e. The van der Waals surface area contributed by atoms with Gasteiger partial charge in [0.15, 0.2) is 12.6 Å². The number of hydrogen-bond acceptors (Lipinski definition) is 4. The van der Waals surface area contributed by atoms with Crippen molar-refractivity contribution in [1.82, 2.24) is 15.5 Å². The fourth-order valence-electron chi connectivity index (χ4n) is 2.94. The summed E-state index contributed by atoms with van der Waals surface area (Å²) in [5.41, 5.74) is 1.48. The van der Waals surface area contributed by atoms with Gasteiger partial charge in [-0.15, -0.1) is 0 Å². The van der Waals surface area contributed by atoms with E-state index in [4.69, 9.17) is 9.47 Å². The van der Waals surface area contributed by atoms with Crippen LogP contribution in [0.25, 0.3) is 0 Å². The Morgan fingerprint density at radius 2 is 2.00 bits per heavy atom. The zero-order valence-corrected chi connectivity index (χ0v) is 17.3. The molecular weight excluding hydrogens is 385 g/mol. The van der Waals surface area contributed by atoms with E-state index in [1.165, 1.54) is 12.8 Å². The van der Waals surface area contributed by atoms with E-state index in [0.717, 1.165) is 18.7 Å². The molecule has 0 unspecified atom stereocenters. The van der Waals surface area contributed by atoms with Crippen molar-refractivity contribution >= 4 is 5.96 Å². The Balaban J connectivity index is 1.83. The molecule has 1 aromatic carbocycles. The van der Waals surface area contributed by atoms with Crippen molar-refractivity contribution in [3.05, 3.63) is 29.3 Å². The highest BCUT2D eigenvalue weighted by molar-refractivity contribution is 5.79. The molecule has 0 saturated heterocycles. The van der Waals surface area contributed by atoms with Crippen LogP contribution in [0.5, 0.6) is 5.75 Å². The second kappa shape index (κ2) is 11.3. The van der Waals surface area contributed by atoms with Crippen molar-refractivity contribution in [3.63, 3.8) is 0 Å². The first kappa shape index (κ1) is 23.3. The van der Waals surface area contributed by atoms with Crippen LogP contribution >= 0.6 is 0 Å². The summed E-state index contributed by atoms with van der Waals surface area (Å²) in [5.74, 6) is 0.819. The van der Waals surface area contributed by atoms with Gasteiger partial charge < -0.3 is 20.1 Å². The Morgan fingerprint density at radius 1 is 1.24 bits per heavy atom. The summed E-state index contributed by atoms with van der Waals surface area (Å²) in [6.07, 6.45) is -1.92. The molecule has 0 heterocycles. The minimum absolute atomic E-state index is 0.227. The van der Waals surface area contributed by atoms with Gasteiger partial charge in [-0.2, -0.15) is 13.2 Å². The van der Waals surface area contributed by atoms with Gasteiger partial charge in [-0.3, -0.25) is 9.89 Å². The molecule has 1 aliphatic rings. The number of nitrogens with zero attached hydrogens (tertiary/aromatic N) is 2. The number of methoxy groups -OCH3 is 1. The van der Waals surface area contributed by atoms with Gasteiger partial charge in [0.25, 0.3) is 0 Å². The number of guanidine groups is 1. The van der Waals surface area contributed by atoms with Gasteiger partial charge in [-0.25, -0.2) is 0 Å². The lowest BCUT2D eigenvalue weighted by atomic mass is 10.1. The third kappa shape index (κ3) is 8.91. The molecule has 0 amide bonds. The minimum Gasteiger partial charge on any atom is -0.484 e. The van der Waals surface area contributed by atoms with E-state index >= 15 is 0 Å². The summed E-state index contributed by atoms with van der Waals surface area (Å²) in [7, 11) is 3.36. The van der Waals surface area contributed by atoms with Crippen LogP contribution in [0.4, 0.5) is 13.2 Å². The highest BCUT2D eigenvalue weighted by atomic mass is 19.4. The molecule has 0 spiro atoms. The molecule has 0 radical (unpaired) electrons. The van der Waals surface area contributed by atoms with E-state index in [0.29, 0.717) is 37.3 Å². The Morgan fingerprint density at radius 3 is 2.62 bits per heavy atom. The first-order chi connectivity index (χ1) is 13.8. The number of alkyl halides is 3. The number of aliphatic imine (C=N–C) groups is 1. The van der Waals surface area contributed by atoms with Crippen molar-refractivity contribution in [1.29, 1.82) is 0 Å². The molecule has 2 N–H and O–H groups in total. The lowest BCUT2D eigenvalue weighted by Gasteiger charge is -2.22. The Kier molecular flexibility index (Phi) is 9.03. The Hall–Kier alpha value is -2.00. The van der Waals surface area contributed by atoms with E-state index in [9.17, 15) is 13.2 Å². The first-order valence-corrected chi connectivity index (χ1v) is 9.79. The maximum Gasteiger partial charge on any atom is 0.422 e. The van der Waals surface area contributed by atoms with Crippen molar-refractivity contribution < 1.29 is 22.6 Å². The average molecular weight is 416 g/mol. The summed E-state index contributed by atoms with van der Waals surface area (Å²) in [6.45, 7) is 4.01. The number of ether oxygens (including phenoxy) is 2. The van der Waals surface area contributed by atoms with Crippen LogP contribution in [0.1, 0.15) is 24.0 Å². The molecule has 29 heavy (non-hydrogen) atoms. The normalized spacial score (nSPS) is 14.9. The van der Waals surface area contributed by atoms with Crippen LogP contribution in [-0.2, 0) is 11.3 Å². The van der Waals surface area contributed by atoms with Crippen molar-refractivity contribution in [2.75, 3.05) is 47.0 Å². The van der Waals surface area contributed by atoms with Gasteiger partial charge in [-0.1, -0.05) is 12.1 Å². The van der Waals surface area contributed by atoms with Gasteiger partial charge in [0.1, 0.15) is 5.75 Å². The second-order valence-corrected chi connectivity index (χ2v) is 7.13. The molecule has 1 saturated carbocycles. The summed E-state index contributed by atoms with van der Waals surface area (Å²) >= 11 is 0. The molecule has 1 aliphatic carbocycles. The van der Waals surface area contributed by atoms with Crippen LogP contribution in [0.3, 0.4) is 0 Å². The van der Waals surface area contributed by atoms with Crippen LogP contribution in [0.15, 0.2) is 23.2 Å². The zero-order valence-electron chi connectivity index (χ0n) is 17.3. The molecule has 164 valence electrons. The van der Waals surface area contributed by atoms with E-state index in [-0.39, 0.29) is 5.75 Å². The van der Waals surface area contributed by atoms with Gasteiger partial charge >= 0.3 is 6.18 Å².